The minimum absolute atomic E-state index is 0. The first-order valence-corrected chi connectivity index (χ1v) is 0.548. The van der Waals surface area contributed by atoms with E-state index in [0.717, 1.165) is 0 Å². The molecule has 0 unspecified atom stereocenters. The van der Waals surface area contributed by atoms with Gasteiger partial charge in [0.2, 0.25) is 0 Å². The Morgan fingerprint density at radius 3 is 1.33 bits per heavy atom. The van der Waals surface area contributed by atoms with Crippen LogP contribution in [0.25, 0.3) is 0 Å². The molecule has 0 aliphatic rings. The Morgan fingerprint density at radius 2 is 1.33 bits per heavy atom. The molecule has 0 aromatic rings. The molecule has 0 fully saturated rings. The average Bonchev–Trinajstić information content (AvgIpc) is 0.811. The molecule has 0 atom stereocenters. The second-order valence-corrected chi connectivity index (χ2v) is 0.224. The van der Waals surface area contributed by atoms with Crippen molar-refractivity contribution < 1.29 is 89.2 Å². The van der Waals surface area contributed by atoms with Gasteiger partial charge in [-0.2, -0.15) is 0 Å². The summed E-state index contributed by atoms with van der Waals surface area (Å²) >= 11 is 0. The van der Waals surface area contributed by atoms with Gasteiger partial charge in [-0.15, -0.1) is 0 Å². The average molecular weight is 190 g/mol. The van der Waals surface area contributed by atoms with Gasteiger partial charge in [-0.05, 0) is 0 Å². The number of rotatable bonds is 0. The first-order chi connectivity index (χ1) is 1.73. The Kier molecular flexibility index (Phi) is 26.2. The molecule has 0 aromatic carbocycles. The minimum atomic E-state index is -1.75. The van der Waals surface area contributed by atoms with Crippen LogP contribution in [0.1, 0.15) is 0 Å². The second-order valence-electron chi connectivity index (χ2n) is 0.224. The third kappa shape index (κ3) is 38.5. The third-order valence-corrected chi connectivity index (χ3v) is 0. The summed E-state index contributed by atoms with van der Waals surface area (Å²) in [7, 11) is 0. The molecule has 0 spiro atoms. The van der Waals surface area contributed by atoms with Crippen LogP contribution in [-0.2, 0) is 32.7 Å². The molecule has 0 aliphatic heterocycles. The zero-order valence-electron chi connectivity index (χ0n) is 3.25. The van der Waals surface area contributed by atoms with Crippen molar-refractivity contribution in [1.82, 2.24) is 0 Å². The van der Waals surface area contributed by atoms with Gasteiger partial charge in [0.25, 0.3) is 0 Å². The van der Waals surface area contributed by atoms with Crippen LogP contribution in [0.2, 0.25) is 0 Å². The van der Waals surface area contributed by atoms with E-state index in [-0.39, 0.29) is 84.1 Å². The van der Waals surface area contributed by atoms with Gasteiger partial charge < -0.3 is 15.3 Å². The van der Waals surface area contributed by atoms with E-state index >= 15 is 0 Å². The quantitative estimate of drug-likeness (QED) is 0.229. The van der Waals surface area contributed by atoms with Crippen LogP contribution < -0.4 is 51.4 Å². The summed E-state index contributed by atoms with van der Waals surface area (Å²) in [6.45, 7) is 0. The second kappa shape index (κ2) is 10.0. The fourth-order valence-electron chi connectivity index (χ4n) is 0. The third-order valence-electron chi connectivity index (χ3n) is 0. The number of nitrogens with zero attached hydrogens (tertiary/aromatic N) is 1. The summed E-state index contributed by atoms with van der Waals surface area (Å²) in [6, 6.07) is 0. The van der Waals surface area contributed by atoms with Crippen LogP contribution in [0, 0.1) is 15.3 Å². The first-order valence-electron chi connectivity index (χ1n) is 0.548. The molecule has 1 radical (unpaired) electrons. The van der Waals surface area contributed by atoms with Crippen LogP contribution in [0.4, 0.5) is 0 Å². The van der Waals surface area contributed by atoms with E-state index < -0.39 is 5.09 Å². The maximum Gasteiger partial charge on any atom is 1.00 e. The Morgan fingerprint density at radius 1 is 1.33 bits per heavy atom. The SMILES string of the molecule is O=[N+]([O-])[O-].[K+].[Y]. The van der Waals surface area contributed by atoms with Gasteiger partial charge in [0, 0.05) is 32.7 Å². The monoisotopic (exact) mass is 190 g/mol. The van der Waals surface area contributed by atoms with Crippen LogP contribution >= 0.6 is 0 Å². The molecular formula is KNO3Y. The first kappa shape index (κ1) is 15.7. The largest absolute Gasteiger partial charge is 1.00 e. The van der Waals surface area contributed by atoms with E-state index in [0.29, 0.717) is 0 Å². The molecule has 0 N–H and O–H groups in total. The van der Waals surface area contributed by atoms with Crippen LogP contribution in [0.3, 0.4) is 0 Å². The van der Waals surface area contributed by atoms with Gasteiger partial charge in [0.1, 0.15) is 0 Å². The van der Waals surface area contributed by atoms with Gasteiger partial charge in [-0.25, -0.2) is 0 Å². The Balaban J connectivity index is -0.0000000450. The Bertz CT molecular complexity index is 33.8. The molecule has 0 saturated carbocycles. The topological polar surface area (TPSA) is 66.2 Å². The van der Waals surface area contributed by atoms with Crippen molar-refractivity contribution in [3.05, 3.63) is 15.3 Å². The van der Waals surface area contributed by atoms with Crippen LogP contribution in [0.5, 0.6) is 0 Å². The van der Waals surface area contributed by atoms with Gasteiger partial charge >= 0.3 is 51.4 Å². The van der Waals surface area contributed by atoms with E-state index in [4.69, 9.17) is 15.3 Å². The van der Waals surface area contributed by atoms with Crippen molar-refractivity contribution in [3.63, 3.8) is 0 Å². The molecule has 4 nitrogen and oxygen atoms in total. The van der Waals surface area contributed by atoms with E-state index in [2.05, 4.69) is 0 Å². The summed E-state index contributed by atoms with van der Waals surface area (Å²) in [5.74, 6) is 0. The van der Waals surface area contributed by atoms with E-state index in [1.807, 2.05) is 0 Å². The summed E-state index contributed by atoms with van der Waals surface area (Å²) in [5, 5.41) is 14.8. The zero-order chi connectivity index (χ0) is 3.58. The zero-order valence-corrected chi connectivity index (χ0v) is 9.21. The van der Waals surface area contributed by atoms with Crippen LogP contribution in [0.15, 0.2) is 0 Å². The molecule has 6 heteroatoms. The molecule has 0 saturated heterocycles. The fraction of sp³-hybridized carbons (Fsp3) is 0. The van der Waals surface area contributed by atoms with Crippen molar-refractivity contribution in [1.29, 1.82) is 0 Å². The number of hydrogen-bond donors (Lipinski definition) is 0. The summed E-state index contributed by atoms with van der Waals surface area (Å²) in [5.41, 5.74) is 0. The molecule has 0 aliphatic carbocycles. The number of hydrogen-bond acceptors (Lipinski definition) is 3. The molecule has 6 heavy (non-hydrogen) atoms. The van der Waals surface area contributed by atoms with E-state index in [1.54, 1.807) is 0 Å². The molecule has 0 heterocycles. The Hall–Kier alpha value is 1.94. The van der Waals surface area contributed by atoms with E-state index in [1.165, 1.54) is 0 Å². The van der Waals surface area contributed by atoms with E-state index in [9.17, 15) is 0 Å². The summed E-state index contributed by atoms with van der Waals surface area (Å²) < 4.78 is 0. The molecule has 0 aromatic heterocycles. The predicted molar refractivity (Wildman–Crippen MR) is 10.4 cm³/mol. The maximum atomic E-state index is 8.25. The van der Waals surface area contributed by atoms with Crippen molar-refractivity contribution in [3.8, 4) is 0 Å². The standard InChI is InChI=1S/K.NO3.Y/c;2-1(3)4;/q+1;-1;. The van der Waals surface area contributed by atoms with Gasteiger partial charge in [0.05, 0.1) is 5.09 Å². The fourth-order valence-corrected chi connectivity index (χ4v) is 0. The van der Waals surface area contributed by atoms with Crippen molar-refractivity contribution in [2.24, 2.45) is 0 Å². The molecule has 27 valence electrons. The maximum absolute atomic E-state index is 8.25. The van der Waals surface area contributed by atoms with Crippen molar-refractivity contribution in [2.75, 3.05) is 0 Å². The van der Waals surface area contributed by atoms with Crippen molar-refractivity contribution in [2.45, 2.75) is 0 Å². The summed E-state index contributed by atoms with van der Waals surface area (Å²) in [6.07, 6.45) is 0. The Labute approximate surface area is 102 Å². The van der Waals surface area contributed by atoms with Crippen LogP contribution in [-0.4, -0.2) is 5.09 Å². The molecular weight excluding hydrogens is 190 g/mol. The minimum Gasteiger partial charge on any atom is -0.356 e. The molecule has 0 amide bonds. The molecule has 0 bridgehead atoms. The van der Waals surface area contributed by atoms with Gasteiger partial charge in [-0.1, -0.05) is 0 Å². The predicted octanol–water partition coefficient (Wildman–Crippen LogP) is -3.24. The normalized spacial score (nSPS) is 4.00. The summed E-state index contributed by atoms with van der Waals surface area (Å²) in [4.78, 5) is 8.25. The molecule has 0 rings (SSSR count). The van der Waals surface area contributed by atoms with Crippen molar-refractivity contribution >= 4 is 0 Å². The van der Waals surface area contributed by atoms with Gasteiger partial charge in [0.15, 0.2) is 0 Å². The smallest absolute Gasteiger partial charge is 0.356 e. The van der Waals surface area contributed by atoms with Gasteiger partial charge in [-0.3, -0.25) is 0 Å².